The van der Waals surface area contributed by atoms with Crippen molar-refractivity contribution in [1.82, 2.24) is 9.97 Å². The Morgan fingerprint density at radius 3 is 2.79 bits per heavy atom. The summed E-state index contributed by atoms with van der Waals surface area (Å²) < 4.78 is 5.70. The third-order valence-corrected chi connectivity index (χ3v) is 3.03. The van der Waals surface area contributed by atoms with Crippen molar-refractivity contribution in [2.75, 3.05) is 11.9 Å². The van der Waals surface area contributed by atoms with E-state index in [1.165, 1.54) is 6.33 Å². The fourth-order valence-electron chi connectivity index (χ4n) is 1.54. The third kappa shape index (κ3) is 3.28. The van der Waals surface area contributed by atoms with Gasteiger partial charge in [0.05, 0.1) is 10.6 Å². The van der Waals surface area contributed by atoms with Crippen LogP contribution in [0.4, 0.5) is 5.82 Å². The zero-order valence-electron chi connectivity index (χ0n) is 10.6. The highest BCUT2D eigenvalue weighted by atomic mass is 35.5. The van der Waals surface area contributed by atoms with Crippen molar-refractivity contribution in [3.63, 3.8) is 0 Å². The second-order valence-corrected chi connectivity index (χ2v) is 4.70. The second-order valence-electron chi connectivity index (χ2n) is 3.86. The number of aromatic nitrogens is 2. The summed E-state index contributed by atoms with van der Waals surface area (Å²) in [6.45, 7) is 4.65. The lowest BCUT2D eigenvalue weighted by atomic mass is 10.3. The maximum Gasteiger partial charge on any atom is 0.227 e. The smallest absolute Gasteiger partial charge is 0.227 e. The first kappa shape index (κ1) is 13.9. The van der Waals surface area contributed by atoms with Gasteiger partial charge in [-0.05, 0) is 26.0 Å². The fraction of sp³-hybridized carbons (Fsp3) is 0.231. The zero-order valence-corrected chi connectivity index (χ0v) is 12.1. The standard InChI is InChI=1S/C13H13Cl2N3O/c1-3-16-12-8(2)13(18-7-17-12)19-11-6-9(14)4-5-10(11)15/h4-7H,3H2,1-2H3,(H,16,17,18). The Kier molecular flexibility index (Phi) is 4.45. The highest BCUT2D eigenvalue weighted by Gasteiger charge is 2.11. The molecule has 6 heteroatoms. The number of benzene rings is 1. The minimum Gasteiger partial charge on any atom is -0.437 e. The lowest BCUT2D eigenvalue weighted by Gasteiger charge is -2.12. The molecule has 0 aliphatic carbocycles. The second kappa shape index (κ2) is 6.08. The molecule has 1 aromatic heterocycles. The summed E-state index contributed by atoms with van der Waals surface area (Å²) in [6, 6.07) is 5.03. The molecule has 0 aliphatic rings. The van der Waals surface area contributed by atoms with Gasteiger partial charge < -0.3 is 10.1 Å². The summed E-state index contributed by atoms with van der Waals surface area (Å²) in [4.78, 5) is 8.26. The number of nitrogens with one attached hydrogen (secondary N) is 1. The topological polar surface area (TPSA) is 47.0 Å². The Balaban J connectivity index is 2.33. The van der Waals surface area contributed by atoms with Crippen LogP contribution in [-0.2, 0) is 0 Å². The van der Waals surface area contributed by atoms with Crippen LogP contribution < -0.4 is 10.1 Å². The first-order valence-corrected chi connectivity index (χ1v) is 6.55. The molecule has 0 fully saturated rings. The van der Waals surface area contributed by atoms with E-state index in [1.807, 2.05) is 13.8 Å². The van der Waals surface area contributed by atoms with Crippen LogP contribution in [0, 0.1) is 6.92 Å². The van der Waals surface area contributed by atoms with Gasteiger partial charge in [-0.1, -0.05) is 23.2 Å². The van der Waals surface area contributed by atoms with Crippen LogP contribution in [0.3, 0.4) is 0 Å². The van der Waals surface area contributed by atoms with Gasteiger partial charge in [0.15, 0.2) is 0 Å². The minimum absolute atomic E-state index is 0.454. The van der Waals surface area contributed by atoms with Gasteiger partial charge in [-0.2, -0.15) is 0 Å². The number of rotatable bonds is 4. The number of hydrogen-bond acceptors (Lipinski definition) is 4. The van der Waals surface area contributed by atoms with E-state index in [0.29, 0.717) is 21.7 Å². The summed E-state index contributed by atoms with van der Waals surface area (Å²) in [5, 5.41) is 4.17. The monoisotopic (exact) mass is 297 g/mol. The Morgan fingerprint density at radius 1 is 1.26 bits per heavy atom. The highest BCUT2D eigenvalue weighted by molar-refractivity contribution is 6.34. The van der Waals surface area contributed by atoms with Crippen LogP contribution in [-0.4, -0.2) is 16.5 Å². The van der Waals surface area contributed by atoms with E-state index >= 15 is 0 Å². The molecule has 0 saturated heterocycles. The van der Waals surface area contributed by atoms with E-state index in [4.69, 9.17) is 27.9 Å². The normalized spacial score (nSPS) is 10.3. The Morgan fingerprint density at radius 2 is 2.05 bits per heavy atom. The fourth-order valence-corrected chi connectivity index (χ4v) is 1.86. The molecule has 0 spiro atoms. The molecule has 0 amide bonds. The molecule has 1 heterocycles. The molecule has 0 aliphatic heterocycles. The summed E-state index contributed by atoms with van der Waals surface area (Å²) in [5.74, 6) is 1.67. The summed E-state index contributed by atoms with van der Waals surface area (Å²) >= 11 is 12.0. The molecule has 0 radical (unpaired) electrons. The molecule has 0 unspecified atom stereocenters. The van der Waals surface area contributed by atoms with Gasteiger partial charge in [0, 0.05) is 17.6 Å². The molecule has 0 saturated carbocycles. The number of ether oxygens (including phenoxy) is 1. The van der Waals surface area contributed by atoms with E-state index in [9.17, 15) is 0 Å². The van der Waals surface area contributed by atoms with Crippen LogP contribution in [0.25, 0.3) is 0 Å². The van der Waals surface area contributed by atoms with Gasteiger partial charge in [-0.15, -0.1) is 0 Å². The predicted molar refractivity (Wildman–Crippen MR) is 77.5 cm³/mol. The van der Waals surface area contributed by atoms with Crippen LogP contribution in [0.2, 0.25) is 10.0 Å². The van der Waals surface area contributed by atoms with E-state index in [1.54, 1.807) is 18.2 Å². The van der Waals surface area contributed by atoms with Gasteiger partial charge in [0.1, 0.15) is 17.9 Å². The summed E-state index contributed by atoms with van der Waals surface area (Å²) in [7, 11) is 0. The molecule has 0 bridgehead atoms. The quantitative estimate of drug-likeness (QED) is 0.913. The highest BCUT2D eigenvalue weighted by Crippen LogP contribution is 2.33. The number of anilines is 1. The largest absolute Gasteiger partial charge is 0.437 e. The number of hydrogen-bond donors (Lipinski definition) is 1. The molecule has 2 aromatic rings. The molecule has 1 aromatic carbocycles. The minimum atomic E-state index is 0.454. The number of halogens is 2. The maximum absolute atomic E-state index is 6.06. The summed E-state index contributed by atoms with van der Waals surface area (Å²) in [5.41, 5.74) is 0.820. The Bertz CT molecular complexity index is 590. The zero-order chi connectivity index (χ0) is 13.8. The van der Waals surface area contributed by atoms with Gasteiger partial charge in [0.2, 0.25) is 5.88 Å². The van der Waals surface area contributed by atoms with Crippen LogP contribution in [0.15, 0.2) is 24.5 Å². The van der Waals surface area contributed by atoms with Crippen molar-refractivity contribution >= 4 is 29.0 Å². The van der Waals surface area contributed by atoms with Crippen molar-refractivity contribution < 1.29 is 4.74 Å². The Hall–Kier alpha value is -1.52. The Labute approximate surface area is 121 Å². The van der Waals surface area contributed by atoms with Crippen molar-refractivity contribution in [3.8, 4) is 11.6 Å². The predicted octanol–water partition coefficient (Wildman–Crippen LogP) is 4.32. The molecule has 4 nitrogen and oxygen atoms in total. The first-order valence-electron chi connectivity index (χ1n) is 5.80. The lowest BCUT2D eigenvalue weighted by Crippen LogP contribution is -2.03. The van der Waals surface area contributed by atoms with Crippen molar-refractivity contribution in [3.05, 3.63) is 40.1 Å². The lowest BCUT2D eigenvalue weighted by molar-refractivity contribution is 0.458. The van der Waals surface area contributed by atoms with Crippen molar-refractivity contribution in [2.45, 2.75) is 13.8 Å². The van der Waals surface area contributed by atoms with E-state index in [0.717, 1.165) is 17.9 Å². The van der Waals surface area contributed by atoms with Crippen molar-refractivity contribution in [2.24, 2.45) is 0 Å². The number of nitrogens with zero attached hydrogens (tertiary/aromatic N) is 2. The van der Waals surface area contributed by atoms with Crippen LogP contribution in [0.5, 0.6) is 11.6 Å². The molecule has 100 valence electrons. The van der Waals surface area contributed by atoms with E-state index < -0.39 is 0 Å². The van der Waals surface area contributed by atoms with E-state index in [2.05, 4.69) is 15.3 Å². The molecule has 19 heavy (non-hydrogen) atoms. The molecule has 0 atom stereocenters. The molecule has 2 rings (SSSR count). The molecular formula is C13H13Cl2N3O. The molecular weight excluding hydrogens is 285 g/mol. The third-order valence-electron chi connectivity index (χ3n) is 2.48. The van der Waals surface area contributed by atoms with Gasteiger partial charge in [-0.3, -0.25) is 0 Å². The average Bonchev–Trinajstić information content (AvgIpc) is 2.39. The maximum atomic E-state index is 6.06. The van der Waals surface area contributed by atoms with Gasteiger partial charge in [-0.25, -0.2) is 9.97 Å². The van der Waals surface area contributed by atoms with Crippen molar-refractivity contribution in [1.29, 1.82) is 0 Å². The van der Waals surface area contributed by atoms with Crippen LogP contribution >= 0.6 is 23.2 Å². The first-order chi connectivity index (χ1) is 9.11. The van der Waals surface area contributed by atoms with Crippen LogP contribution in [0.1, 0.15) is 12.5 Å². The summed E-state index contributed by atoms with van der Waals surface area (Å²) in [6.07, 6.45) is 1.44. The SMILES string of the molecule is CCNc1ncnc(Oc2cc(Cl)ccc2Cl)c1C. The van der Waals surface area contributed by atoms with Gasteiger partial charge >= 0.3 is 0 Å². The van der Waals surface area contributed by atoms with E-state index in [-0.39, 0.29) is 0 Å². The average molecular weight is 298 g/mol. The molecule has 1 N–H and O–H groups in total. The van der Waals surface area contributed by atoms with Gasteiger partial charge in [0.25, 0.3) is 0 Å².